The van der Waals surface area contributed by atoms with Gasteiger partial charge in [0.2, 0.25) is 0 Å². The Morgan fingerprint density at radius 3 is 2.92 bits per heavy atom. The summed E-state index contributed by atoms with van der Waals surface area (Å²) in [6, 6.07) is 13.7. The molecule has 3 heterocycles. The molecule has 6 nitrogen and oxygen atoms in total. The highest BCUT2D eigenvalue weighted by molar-refractivity contribution is 5.52. The van der Waals surface area contributed by atoms with E-state index in [2.05, 4.69) is 16.7 Å². The fraction of sp³-hybridized carbons (Fsp3) is 0.300. The molecule has 0 amide bonds. The van der Waals surface area contributed by atoms with Crippen LogP contribution in [0.3, 0.4) is 0 Å². The highest BCUT2D eigenvalue weighted by Crippen LogP contribution is 2.19. The van der Waals surface area contributed by atoms with E-state index in [4.69, 9.17) is 9.72 Å². The van der Waals surface area contributed by atoms with Crippen molar-refractivity contribution in [1.82, 2.24) is 14.7 Å². The average molecular weight is 350 g/mol. The quantitative estimate of drug-likeness (QED) is 0.756. The maximum absolute atomic E-state index is 12.6. The molecule has 0 bridgehead atoms. The van der Waals surface area contributed by atoms with Crippen molar-refractivity contribution >= 4 is 11.3 Å². The molecule has 0 aliphatic carbocycles. The van der Waals surface area contributed by atoms with Gasteiger partial charge in [0.25, 0.3) is 5.56 Å². The number of nitrogens with one attached hydrogen (secondary N) is 2. The van der Waals surface area contributed by atoms with Gasteiger partial charge in [-0.3, -0.25) is 9.20 Å². The Bertz CT molecular complexity index is 963. The Balaban J connectivity index is 1.73. The number of aromatic nitrogens is 2. The molecule has 1 unspecified atom stereocenters. The molecule has 4 rings (SSSR count). The third kappa shape index (κ3) is 3.47. The smallest absolute Gasteiger partial charge is 0.258 e. The maximum Gasteiger partial charge on any atom is 0.258 e. The second-order valence-electron chi connectivity index (χ2n) is 6.54. The Morgan fingerprint density at radius 1 is 1.31 bits per heavy atom. The number of fused-ring (bicyclic) bond motifs is 1. The zero-order valence-corrected chi connectivity index (χ0v) is 14.7. The number of morpholine rings is 1. The molecule has 2 N–H and O–H groups in total. The summed E-state index contributed by atoms with van der Waals surface area (Å²) in [5.41, 5.74) is 4.32. The van der Waals surface area contributed by atoms with E-state index in [-0.39, 0.29) is 11.7 Å². The zero-order chi connectivity index (χ0) is 17.9. The lowest BCUT2D eigenvalue weighted by molar-refractivity contribution is 0.0250. The summed E-state index contributed by atoms with van der Waals surface area (Å²) >= 11 is 0. The van der Waals surface area contributed by atoms with Crippen LogP contribution in [0.4, 0.5) is 5.69 Å². The van der Waals surface area contributed by atoms with Crippen LogP contribution in [0.15, 0.2) is 53.5 Å². The second kappa shape index (κ2) is 7.27. The summed E-state index contributed by atoms with van der Waals surface area (Å²) < 4.78 is 7.39. The van der Waals surface area contributed by atoms with Crippen molar-refractivity contribution in [3.8, 4) is 0 Å². The minimum atomic E-state index is -0.183. The molecule has 0 saturated carbocycles. The van der Waals surface area contributed by atoms with E-state index >= 15 is 0 Å². The Kier molecular flexibility index (Phi) is 4.69. The number of benzene rings is 1. The van der Waals surface area contributed by atoms with Gasteiger partial charge >= 0.3 is 0 Å². The molecule has 1 aliphatic heterocycles. The lowest BCUT2D eigenvalue weighted by Crippen LogP contribution is -2.34. The first-order valence-electron chi connectivity index (χ1n) is 8.85. The first kappa shape index (κ1) is 16.8. The topological polar surface area (TPSA) is 67.7 Å². The maximum atomic E-state index is 12.6. The molecule has 1 aromatic carbocycles. The molecular formula is C20H22N4O2. The van der Waals surface area contributed by atoms with Crippen LogP contribution in [0.25, 0.3) is 5.65 Å². The molecular weight excluding hydrogens is 328 g/mol. The average Bonchev–Trinajstić information content (AvgIpc) is 2.68. The van der Waals surface area contributed by atoms with Gasteiger partial charge in [0, 0.05) is 43.1 Å². The minimum absolute atomic E-state index is 0.0798. The number of nitrogens with zero attached hydrogens (tertiary/aromatic N) is 2. The fourth-order valence-corrected chi connectivity index (χ4v) is 3.24. The van der Waals surface area contributed by atoms with Gasteiger partial charge in [-0.25, -0.2) is 4.98 Å². The van der Waals surface area contributed by atoms with Crippen molar-refractivity contribution in [2.45, 2.75) is 19.6 Å². The van der Waals surface area contributed by atoms with Gasteiger partial charge < -0.3 is 15.4 Å². The fourth-order valence-electron chi connectivity index (χ4n) is 3.24. The van der Waals surface area contributed by atoms with Gasteiger partial charge in [-0.15, -0.1) is 0 Å². The lowest BCUT2D eigenvalue weighted by atomic mass is 10.1. The van der Waals surface area contributed by atoms with Crippen molar-refractivity contribution in [1.29, 1.82) is 0 Å². The van der Waals surface area contributed by atoms with Crippen molar-refractivity contribution in [3.05, 3.63) is 75.8 Å². The molecule has 134 valence electrons. The number of rotatable bonds is 4. The minimum Gasteiger partial charge on any atom is -0.381 e. The molecule has 3 aromatic rings. The predicted octanol–water partition coefficient (Wildman–Crippen LogP) is 2.28. The van der Waals surface area contributed by atoms with E-state index in [1.165, 1.54) is 0 Å². The Labute approximate surface area is 151 Å². The van der Waals surface area contributed by atoms with Crippen molar-refractivity contribution in [2.75, 3.05) is 25.0 Å². The molecule has 0 radical (unpaired) electrons. The van der Waals surface area contributed by atoms with E-state index in [0.717, 1.165) is 23.4 Å². The Hall–Kier alpha value is -2.70. The summed E-state index contributed by atoms with van der Waals surface area (Å²) in [6.45, 7) is 4.71. The highest BCUT2D eigenvalue weighted by Gasteiger charge is 2.19. The van der Waals surface area contributed by atoms with Crippen LogP contribution in [0.2, 0.25) is 0 Å². The predicted molar refractivity (Wildman–Crippen MR) is 102 cm³/mol. The largest absolute Gasteiger partial charge is 0.381 e. The van der Waals surface area contributed by atoms with Crippen LogP contribution >= 0.6 is 0 Å². The number of para-hydroxylation sites is 1. The first-order chi connectivity index (χ1) is 12.7. The summed E-state index contributed by atoms with van der Waals surface area (Å²) in [5, 5.41) is 6.68. The lowest BCUT2D eigenvalue weighted by Gasteiger charge is -2.23. The van der Waals surface area contributed by atoms with Crippen LogP contribution < -0.4 is 16.2 Å². The molecule has 1 aliphatic rings. The summed E-state index contributed by atoms with van der Waals surface area (Å²) in [4.78, 5) is 17.4. The number of pyridine rings is 1. The van der Waals surface area contributed by atoms with Gasteiger partial charge in [0.05, 0.1) is 12.3 Å². The standard InChI is InChI=1S/C20H22N4O2/c1-14-9-15(11-22-16-5-3-2-4-6-16)20-23-17(10-19(25)24(20)13-14)18-12-21-7-8-26-18/h2-6,9-10,13,18,21-22H,7-8,11-12H2,1H3. The molecule has 2 aromatic heterocycles. The molecule has 1 atom stereocenters. The van der Waals surface area contributed by atoms with Gasteiger partial charge in [0.1, 0.15) is 11.8 Å². The zero-order valence-electron chi connectivity index (χ0n) is 14.7. The third-order valence-corrected chi connectivity index (χ3v) is 4.51. The van der Waals surface area contributed by atoms with E-state index in [9.17, 15) is 4.79 Å². The normalized spacial score (nSPS) is 17.3. The molecule has 6 heteroatoms. The van der Waals surface area contributed by atoms with E-state index in [1.54, 1.807) is 10.5 Å². The van der Waals surface area contributed by atoms with Crippen LogP contribution in [0, 0.1) is 6.92 Å². The first-order valence-corrected chi connectivity index (χ1v) is 8.85. The monoisotopic (exact) mass is 350 g/mol. The van der Waals surface area contributed by atoms with Crippen LogP contribution in [0.5, 0.6) is 0 Å². The van der Waals surface area contributed by atoms with Crippen molar-refractivity contribution in [3.63, 3.8) is 0 Å². The third-order valence-electron chi connectivity index (χ3n) is 4.51. The number of ether oxygens (including phenoxy) is 1. The van der Waals surface area contributed by atoms with Crippen LogP contribution in [-0.4, -0.2) is 29.1 Å². The van der Waals surface area contributed by atoms with Crippen molar-refractivity contribution < 1.29 is 4.74 Å². The van der Waals surface area contributed by atoms with Gasteiger partial charge in [0.15, 0.2) is 0 Å². The SMILES string of the molecule is Cc1cc(CNc2ccccc2)c2nc(C3CNCCO3)cc(=O)n2c1. The number of aryl methyl sites for hydroxylation is 1. The number of anilines is 1. The van der Waals surface area contributed by atoms with Gasteiger partial charge in [-0.2, -0.15) is 0 Å². The van der Waals surface area contributed by atoms with Crippen LogP contribution in [-0.2, 0) is 11.3 Å². The van der Waals surface area contributed by atoms with E-state index in [1.807, 2.05) is 43.5 Å². The second-order valence-corrected chi connectivity index (χ2v) is 6.54. The Morgan fingerprint density at radius 2 is 2.15 bits per heavy atom. The molecule has 1 saturated heterocycles. The molecule has 1 fully saturated rings. The summed E-state index contributed by atoms with van der Waals surface area (Å²) in [7, 11) is 0. The highest BCUT2D eigenvalue weighted by atomic mass is 16.5. The van der Waals surface area contributed by atoms with Crippen LogP contribution in [0.1, 0.15) is 22.9 Å². The van der Waals surface area contributed by atoms with Crippen molar-refractivity contribution in [2.24, 2.45) is 0 Å². The summed E-state index contributed by atoms with van der Waals surface area (Å²) in [5.74, 6) is 0. The number of hydrogen-bond donors (Lipinski definition) is 2. The van der Waals surface area contributed by atoms with E-state index in [0.29, 0.717) is 31.0 Å². The molecule has 0 spiro atoms. The van der Waals surface area contributed by atoms with Gasteiger partial charge in [-0.05, 0) is 30.7 Å². The number of hydrogen-bond acceptors (Lipinski definition) is 5. The van der Waals surface area contributed by atoms with E-state index < -0.39 is 0 Å². The summed E-state index contributed by atoms with van der Waals surface area (Å²) in [6.07, 6.45) is 1.65. The molecule has 26 heavy (non-hydrogen) atoms. The van der Waals surface area contributed by atoms with Gasteiger partial charge in [-0.1, -0.05) is 18.2 Å².